The number of benzene rings is 1. The Morgan fingerprint density at radius 2 is 1.93 bits per heavy atom. The van der Waals surface area contributed by atoms with Crippen molar-refractivity contribution in [2.75, 3.05) is 6.61 Å². The fourth-order valence-electron chi connectivity index (χ4n) is 3.73. The molecule has 1 amide bonds. The number of carbonyl (C=O) groups excluding carboxylic acids is 1. The summed E-state index contributed by atoms with van der Waals surface area (Å²) in [6.07, 6.45) is 5.61. The first kappa shape index (κ1) is 20.6. The lowest BCUT2D eigenvalue weighted by atomic mass is 9.95. The van der Waals surface area contributed by atoms with Crippen LogP contribution in [0.1, 0.15) is 43.4 Å². The van der Waals surface area contributed by atoms with Crippen LogP contribution in [0.5, 0.6) is 0 Å². The van der Waals surface area contributed by atoms with Gasteiger partial charge in [0.25, 0.3) is 5.56 Å². The molecule has 0 radical (unpaired) electrons. The van der Waals surface area contributed by atoms with Crippen molar-refractivity contribution in [2.45, 2.75) is 58.0 Å². The third-order valence-corrected chi connectivity index (χ3v) is 5.46. The van der Waals surface area contributed by atoms with Crippen molar-refractivity contribution in [2.24, 2.45) is 0 Å². The largest absolute Gasteiger partial charge is 0.396 e. The molecule has 7 heteroatoms. The monoisotopic (exact) mass is 403 g/mol. The second-order valence-corrected chi connectivity index (χ2v) is 7.71. The summed E-state index contributed by atoms with van der Waals surface area (Å²) < 4.78 is 1.40. The molecule has 0 unspecified atom stereocenters. The van der Waals surface area contributed by atoms with Gasteiger partial charge in [0.05, 0.1) is 0 Å². The quantitative estimate of drug-likeness (QED) is 0.776. The lowest BCUT2D eigenvalue weighted by molar-refractivity contribution is -0.122. The molecule has 0 saturated heterocycles. The topological polar surface area (TPSA) is 84.2 Å². The highest BCUT2D eigenvalue weighted by molar-refractivity contribution is 6.30. The van der Waals surface area contributed by atoms with Crippen LogP contribution in [0, 0.1) is 6.92 Å². The number of rotatable bonds is 6. The molecule has 0 atom stereocenters. The molecule has 1 heterocycles. The van der Waals surface area contributed by atoms with Gasteiger partial charge in [-0.2, -0.15) is 0 Å². The smallest absolute Gasteiger partial charge is 0.257 e. The molecule has 6 nitrogen and oxygen atoms in total. The number of halogens is 1. The van der Waals surface area contributed by atoms with E-state index in [1.165, 1.54) is 11.0 Å². The Labute approximate surface area is 169 Å². The first-order valence-corrected chi connectivity index (χ1v) is 10.1. The Kier molecular flexibility index (Phi) is 6.86. The molecule has 2 aromatic rings. The van der Waals surface area contributed by atoms with Gasteiger partial charge < -0.3 is 10.4 Å². The van der Waals surface area contributed by atoms with Crippen LogP contribution >= 0.6 is 11.6 Å². The van der Waals surface area contributed by atoms with E-state index in [2.05, 4.69) is 10.3 Å². The van der Waals surface area contributed by atoms with Crippen molar-refractivity contribution in [3.8, 4) is 11.4 Å². The molecule has 0 bridgehead atoms. The van der Waals surface area contributed by atoms with E-state index in [0.29, 0.717) is 27.7 Å². The van der Waals surface area contributed by atoms with Gasteiger partial charge in [-0.1, -0.05) is 30.9 Å². The van der Waals surface area contributed by atoms with Crippen LogP contribution in [0.2, 0.25) is 5.02 Å². The molecular formula is C21H26ClN3O3. The summed E-state index contributed by atoms with van der Waals surface area (Å²) in [6, 6.07) is 7.19. The van der Waals surface area contributed by atoms with Gasteiger partial charge in [0.15, 0.2) is 0 Å². The second kappa shape index (κ2) is 9.34. The number of hydrogen-bond acceptors (Lipinski definition) is 4. The first-order chi connectivity index (χ1) is 13.5. The third kappa shape index (κ3) is 4.80. The zero-order chi connectivity index (χ0) is 20.1. The Morgan fingerprint density at radius 3 is 2.57 bits per heavy atom. The Hall–Kier alpha value is -2.18. The van der Waals surface area contributed by atoms with Gasteiger partial charge >= 0.3 is 0 Å². The minimum Gasteiger partial charge on any atom is -0.396 e. The summed E-state index contributed by atoms with van der Waals surface area (Å²) in [6.45, 7) is 1.50. The fourth-order valence-corrected chi connectivity index (χ4v) is 3.86. The van der Waals surface area contributed by atoms with Crippen LogP contribution < -0.4 is 10.9 Å². The maximum atomic E-state index is 13.1. The normalized spacial score (nSPS) is 14.8. The van der Waals surface area contributed by atoms with Gasteiger partial charge in [0.1, 0.15) is 12.4 Å². The standard InChI is InChI=1S/C21H26ClN3O3/c1-14-18(11-12-26)21(28)25(13-19(27)24-17-5-3-2-4-6-17)20(23-14)15-7-9-16(22)10-8-15/h7-10,17,26H,2-6,11-13H2,1H3,(H,24,27). The predicted molar refractivity (Wildman–Crippen MR) is 109 cm³/mol. The van der Waals surface area contributed by atoms with E-state index < -0.39 is 0 Å². The predicted octanol–water partition coefficient (Wildman–Crippen LogP) is 2.86. The van der Waals surface area contributed by atoms with Crippen molar-refractivity contribution >= 4 is 17.5 Å². The minimum absolute atomic E-state index is 0.0982. The Balaban J connectivity index is 1.96. The maximum absolute atomic E-state index is 13.1. The molecule has 1 aromatic carbocycles. The van der Waals surface area contributed by atoms with Gasteiger partial charge in [-0.05, 0) is 44.0 Å². The van der Waals surface area contributed by atoms with E-state index in [4.69, 9.17) is 11.6 Å². The number of aliphatic hydroxyl groups is 1. The van der Waals surface area contributed by atoms with Crippen molar-refractivity contribution in [3.05, 3.63) is 50.9 Å². The second-order valence-electron chi connectivity index (χ2n) is 7.27. The van der Waals surface area contributed by atoms with E-state index in [-0.39, 0.29) is 37.1 Å². The molecular weight excluding hydrogens is 378 g/mol. The Morgan fingerprint density at radius 1 is 1.25 bits per heavy atom. The maximum Gasteiger partial charge on any atom is 0.257 e. The average molecular weight is 404 g/mol. The number of nitrogens with zero attached hydrogens (tertiary/aromatic N) is 2. The summed E-state index contributed by atoms with van der Waals surface area (Å²) in [7, 11) is 0. The lowest BCUT2D eigenvalue weighted by Crippen LogP contribution is -2.41. The molecule has 1 aromatic heterocycles. The van der Waals surface area contributed by atoms with Crippen LogP contribution in [0.25, 0.3) is 11.4 Å². The Bertz CT molecular complexity index is 887. The van der Waals surface area contributed by atoms with Gasteiger partial charge in [0, 0.05) is 40.9 Å². The molecule has 28 heavy (non-hydrogen) atoms. The number of nitrogens with one attached hydrogen (secondary N) is 1. The highest BCUT2D eigenvalue weighted by Crippen LogP contribution is 2.21. The van der Waals surface area contributed by atoms with Gasteiger partial charge in [-0.25, -0.2) is 4.98 Å². The summed E-state index contributed by atoms with van der Waals surface area (Å²) in [5, 5.41) is 12.9. The number of amides is 1. The van der Waals surface area contributed by atoms with Crippen molar-refractivity contribution in [1.29, 1.82) is 0 Å². The van der Waals surface area contributed by atoms with Gasteiger partial charge in [0.2, 0.25) is 5.91 Å². The number of hydrogen-bond donors (Lipinski definition) is 2. The SMILES string of the molecule is Cc1nc(-c2ccc(Cl)cc2)n(CC(=O)NC2CCCCC2)c(=O)c1CCO. The highest BCUT2D eigenvalue weighted by Gasteiger charge is 2.20. The number of carbonyl (C=O) groups is 1. The van der Waals surface area contributed by atoms with Gasteiger partial charge in [-0.15, -0.1) is 0 Å². The molecule has 0 aliphatic heterocycles. The zero-order valence-corrected chi connectivity index (χ0v) is 16.8. The minimum atomic E-state index is -0.287. The molecule has 1 saturated carbocycles. The van der Waals surface area contributed by atoms with E-state index in [9.17, 15) is 14.7 Å². The molecule has 0 spiro atoms. The van der Waals surface area contributed by atoms with Crippen molar-refractivity contribution in [1.82, 2.24) is 14.9 Å². The summed E-state index contributed by atoms with van der Waals surface area (Å²) in [5.41, 5.74) is 1.43. The van der Waals surface area contributed by atoms with Crippen LogP contribution in [-0.4, -0.2) is 33.2 Å². The lowest BCUT2D eigenvalue weighted by Gasteiger charge is -2.23. The van der Waals surface area contributed by atoms with E-state index in [1.54, 1.807) is 31.2 Å². The molecule has 3 rings (SSSR count). The first-order valence-electron chi connectivity index (χ1n) is 9.76. The molecule has 2 N–H and O–H groups in total. The fraction of sp³-hybridized carbons (Fsp3) is 0.476. The zero-order valence-electron chi connectivity index (χ0n) is 16.1. The summed E-state index contributed by atoms with van der Waals surface area (Å²) in [4.78, 5) is 30.3. The van der Waals surface area contributed by atoms with E-state index >= 15 is 0 Å². The highest BCUT2D eigenvalue weighted by atomic mass is 35.5. The molecule has 150 valence electrons. The van der Waals surface area contributed by atoms with E-state index in [0.717, 1.165) is 25.7 Å². The third-order valence-electron chi connectivity index (χ3n) is 5.21. The van der Waals surface area contributed by atoms with Crippen molar-refractivity contribution in [3.63, 3.8) is 0 Å². The van der Waals surface area contributed by atoms with Crippen LogP contribution in [-0.2, 0) is 17.8 Å². The molecule has 1 aliphatic rings. The van der Waals surface area contributed by atoms with Crippen LogP contribution in [0.3, 0.4) is 0 Å². The van der Waals surface area contributed by atoms with Crippen molar-refractivity contribution < 1.29 is 9.90 Å². The summed E-state index contributed by atoms with van der Waals surface area (Å²) >= 11 is 5.98. The molecule has 1 aliphatic carbocycles. The average Bonchev–Trinajstić information content (AvgIpc) is 2.68. The van der Waals surface area contributed by atoms with Crippen LogP contribution in [0.4, 0.5) is 0 Å². The molecule has 1 fully saturated rings. The number of aromatic nitrogens is 2. The van der Waals surface area contributed by atoms with Gasteiger partial charge in [-0.3, -0.25) is 14.2 Å². The van der Waals surface area contributed by atoms with Crippen LogP contribution in [0.15, 0.2) is 29.1 Å². The van der Waals surface area contributed by atoms with E-state index in [1.807, 2.05) is 0 Å². The number of aryl methyl sites for hydroxylation is 1. The summed E-state index contributed by atoms with van der Waals surface area (Å²) in [5.74, 6) is 0.240. The number of aliphatic hydroxyl groups excluding tert-OH is 1.